The van der Waals surface area contributed by atoms with E-state index >= 15 is 0 Å². The number of aliphatic carboxylic acids is 1. The molecule has 0 fully saturated rings. The third kappa shape index (κ3) is 3.44. The third-order valence-corrected chi connectivity index (χ3v) is 2.07. The van der Waals surface area contributed by atoms with Crippen LogP contribution in [-0.4, -0.2) is 21.2 Å². The fourth-order valence-electron chi connectivity index (χ4n) is 1.25. The van der Waals surface area contributed by atoms with Crippen LogP contribution in [0.3, 0.4) is 0 Å². The van der Waals surface area contributed by atoms with E-state index in [9.17, 15) is 4.79 Å². The van der Waals surface area contributed by atoms with E-state index in [1.54, 1.807) is 24.3 Å². The molecular formula is C12H10N2O4. The molecule has 1 aromatic carbocycles. The Morgan fingerprint density at radius 2 is 2.17 bits per heavy atom. The van der Waals surface area contributed by atoms with Gasteiger partial charge in [-0.2, -0.15) is 4.98 Å². The van der Waals surface area contributed by atoms with E-state index in [0.717, 1.165) is 11.6 Å². The van der Waals surface area contributed by atoms with Crippen LogP contribution in [0.25, 0.3) is 6.08 Å². The molecule has 1 heterocycles. The molecular weight excluding hydrogens is 236 g/mol. The highest BCUT2D eigenvalue weighted by atomic mass is 16.5. The summed E-state index contributed by atoms with van der Waals surface area (Å²) in [5.74, 6) is 0.129. The molecule has 0 radical (unpaired) electrons. The molecule has 6 nitrogen and oxygen atoms in total. The first-order valence-corrected chi connectivity index (χ1v) is 5.13. The number of carboxylic acid groups (broad SMARTS) is 1. The first kappa shape index (κ1) is 11.8. The average Bonchev–Trinajstić information content (AvgIpc) is 2.88. The second-order valence-corrected chi connectivity index (χ2v) is 3.38. The Hall–Kier alpha value is -2.63. The van der Waals surface area contributed by atoms with Gasteiger partial charge in [0.1, 0.15) is 5.75 Å². The van der Waals surface area contributed by atoms with E-state index in [4.69, 9.17) is 9.84 Å². The zero-order valence-electron chi connectivity index (χ0n) is 9.31. The minimum absolute atomic E-state index is 0.223. The number of ether oxygens (including phenoxy) is 1. The van der Waals surface area contributed by atoms with E-state index in [-0.39, 0.29) is 6.61 Å². The van der Waals surface area contributed by atoms with E-state index in [2.05, 4.69) is 14.7 Å². The van der Waals surface area contributed by atoms with Gasteiger partial charge < -0.3 is 14.4 Å². The molecule has 92 valence electrons. The largest absolute Gasteiger partial charge is 0.485 e. The lowest BCUT2D eigenvalue weighted by atomic mass is 10.2. The molecule has 0 bridgehead atoms. The van der Waals surface area contributed by atoms with Crippen LogP contribution >= 0.6 is 0 Å². The molecule has 1 aromatic heterocycles. The fourth-order valence-corrected chi connectivity index (χ4v) is 1.25. The Bertz CT molecular complexity index is 532. The SMILES string of the molecule is O=C(O)/C=C/c1ccc(OCc2ncon2)cc1. The molecule has 2 aromatic rings. The minimum atomic E-state index is -0.979. The summed E-state index contributed by atoms with van der Waals surface area (Å²) in [6, 6.07) is 6.99. The number of aromatic nitrogens is 2. The zero-order chi connectivity index (χ0) is 12.8. The van der Waals surface area contributed by atoms with Gasteiger partial charge in [-0.3, -0.25) is 0 Å². The monoisotopic (exact) mass is 246 g/mol. The van der Waals surface area contributed by atoms with Crippen molar-refractivity contribution in [3.05, 3.63) is 48.1 Å². The summed E-state index contributed by atoms with van der Waals surface area (Å²) in [7, 11) is 0. The van der Waals surface area contributed by atoms with E-state index in [1.807, 2.05) is 0 Å². The second-order valence-electron chi connectivity index (χ2n) is 3.38. The van der Waals surface area contributed by atoms with Gasteiger partial charge in [-0.15, -0.1) is 0 Å². The number of nitrogens with zero attached hydrogens (tertiary/aromatic N) is 2. The molecule has 0 aliphatic carbocycles. The second kappa shape index (κ2) is 5.62. The highest BCUT2D eigenvalue weighted by molar-refractivity contribution is 5.85. The number of carboxylic acids is 1. The van der Waals surface area contributed by atoms with Crippen molar-refractivity contribution in [3.63, 3.8) is 0 Å². The van der Waals surface area contributed by atoms with Gasteiger partial charge in [0.15, 0.2) is 6.61 Å². The van der Waals surface area contributed by atoms with Gasteiger partial charge in [-0.25, -0.2) is 4.79 Å². The maximum Gasteiger partial charge on any atom is 0.328 e. The highest BCUT2D eigenvalue weighted by Gasteiger charge is 1.99. The van der Waals surface area contributed by atoms with Crippen LogP contribution in [0.15, 0.2) is 41.3 Å². The lowest BCUT2D eigenvalue weighted by Gasteiger charge is -2.03. The molecule has 0 aliphatic heterocycles. The minimum Gasteiger partial charge on any atom is -0.485 e. The van der Waals surface area contributed by atoms with E-state index in [0.29, 0.717) is 11.6 Å². The Kier molecular flexibility index (Phi) is 3.70. The molecule has 6 heteroatoms. The smallest absolute Gasteiger partial charge is 0.328 e. The van der Waals surface area contributed by atoms with Gasteiger partial charge in [0, 0.05) is 6.08 Å². The number of rotatable bonds is 5. The summed E-state index contributed by atoms with van der Waals surface area (Å²) in [6.45, 7) is 0.223. The van der Waals surface area contributed by atoms with Crippen LogP contribution in [0.2, 0.25) is 0 Å². The van der Waals surface area contributed by atoms with Crippen LogP contribution in [0.5, 0.6) is 5.75 Å². The van der Waals surface area contributed by atoms with Gasteiger partial charge in [-0.05, 0) is 23.8 Å². The Morgan fingerprint density at radius 1 is 1.39 bits per heavy atom. The summed E-state index contributed by atoms with van der Waals surface area (Å²) in [5, 5.41) is 12.1. The Labute approximate surface area is 103 Å². The van der Waals surface area contributed by atoms with Crippen LogP contribution in [0, 0.1) is 0 Å². The highest BCUT2D eigenvalue weighted by Crippen LogP contribution is 2.14. The number of benzene rings is 1. The molecule has 2 rings (SSSR count). The molecule has 0 saturated carbocycles. The molecule has 0 atom stereocenters. The summed E-state index contributed by atoms with van der Waals surface area (Å²) < 4.78 is 9.98. The van der Waals surface area contributed by atoms with Gasteiger partial charge in [0.05, 0.1) is 0 Å². The fraction of sp³-hybridized carbons (Fsp3) is 0.0833. The molecule has 1 N–H and O–H groups in total. The Morgan fingerprint density at radius 3 is 2.78 bits per heavy atom. The van der Waals surface area contributed by atoms with Crippen molar-refractivity contribution >= 4 is 12.0 Å². The zero-order valence-corrected chi connectivity index (χ0v) is 9.31. The van der Waals surface area contributed by atoms with Crippen LogP contribution in [0.4, 0.5) is 0 Å². The van der Waals surface area contributed by atoms with E-state index < -0.39 is 5.97 Å². The van der Waals surface area contributed by atoms with E-state index in [1.165, 1.54) is 12.5 Å². The summed E-state index contributed by atoms with van der Waals surface area (Å²) in [6.07, 6.45) is 3.82. The van der Waals surface area contributed by atoms with Gasteiger partial charge in [-0.1, -0.05) is 17.3 Å². The van der Waals surface area contributed by atoms with Gasteiger partial charge >= 0.3 is 5.97 Å². The predicted molar refractivity (Wildman–Crippen MR) is 61.7 cm³/mol. The summed E-state index contributed by atoms with van der Waals surface area (Å²) in [5.41, 5.74) is 0.782. The van der Waals surface area contributed by atoms with Crippen molar-refractivity contribution < 1.29 is 19.2 Å². The van der Waals surface area contributed by atoms with Crippen molar-refractivity contribution in [3.8, 4) is 5.75 Å². The lowest BCUT2D eigenvalue weighted by Crippen LogP contribution is -1.97. The predicted octanol–water partition coefficient (Wildman–Crippen LogP) is 1.75. The quantitative estimate of drug-likeness (QED) is 0.809. The molecule has 0 unspecified atom stereocenters. The van der Waals surface area contributed by atoms with Crippen molar-refractivity contribution in [1.82, 2.24) is 10.1 Å². The topological polar surface area (TPSA) is 85.5 Å². The summed E-state index contributed by atoms with van der Waals surface area (Å²) >= 11 is 0. The third-order valence-electron chi connectivity index (χ3n) is 2.07. The van der Waals surface area contributed by atoms with Crippen molar-refractivity contribution in [2.24, 2.45) is 0 Å². The molecule has 0 amide bonds. The van der Waals surface area contributed by atoms with Crippen molar-refractivity contribution in [2.75, 3.05) is 0 Å². The summed E-state index contributed by atoms with van der Waals surface area (Å²) in [4.78, 5) is 14.2. The molecule has 0 aliphatic rings. The molecule has 0 saturated heterocycles. The normalized spacial score (nSPS) is 10.7. The maximum absolute atomic E-state index is 10.3. The standard InChI is InChI=1S/C12H10N2O4/c15-12(16)6-3-9-1-4-10(5-2-9)17-7-11-13-8-18-14-11/h1-6,8H,7H2,(H,15,16)/b6-3+. The van der Waals surface area contributed by atoms with Gasteiger partial charge in [0.2, 0.25) is 12.2 Å². The van der Waals surface area contributed by atoms with Crippen LogP contribution in [-0.2, 0) is 11.4 Å². The van der Waals surface area contributed by atoms with Crippen LogP contribution < -0.4 is 4.74 Å². The lowest BCUT2D eigenvalue weighted by molar-refractivity contribution is -0.131. The first-order valence-electron chi connectivity index (χ1n) is 5.13. The van der Waals surface area contributed by atoms with Crippen LogP contribution in [0.1, 0.15) is 11.4 Å². The molecule has 18 heavy (non-hydrogen) atoms. The maximum atomic E-state index is 10.3. The van der Waals surface area contributed by atoms with Crippen molar-refractivity contribution in [1.29, 1.82) is 0 Å². The number of hydrogen-bond donors (Lipinski definition) is 1. The first-order chi connectivity index (χ1) is 8.74. The number of carbonyl (C=O) groups is 1. The van der Waals surface area contributed by atoms with Gasteiger partial charge in [0.25, 0.3) is 0 Å². The molecule has 0 spiro atoms. The average molecular weight is 246 g/mol. The number of hydrogen-bond acceptors (Lipinski definition) is 5. The van der Waals surface area contributed by atoms with Crippen molar-refractivity contribution in [2.45, 2.75) is 6.61 Å². The Balaban J connectivity index is 1.93.